The van der Waals surface area contributed by atoms with Crippen molar-refractivity contribution in [3.8, 4) is 5.88 Å². The molecule has 0 aliphatic heterocycles. The second-order valence-electron chi connectivity index (χ2n) is 3.84. The summed E-state index contributed by atoms with van der Waals surface area (Å²) in [5.41, 5.74) is 1.08. The second-order valence-corrected chi connectivity index (χ2v) is 3.84. The third-order valence-electron chi connectivity index (χ3n) is 2.28. The minimum Gasteiger partial charge on any atom is -0.472 e. The van der Waals surface area contributed by atoms with Gasteiger partial charge in [0.05, 0.1) is 6.61 Å². The van der Waals surface area contributed by atoms with E-state index in [2.05, 4.69) is 17.2 Å². The zero-order valence-electron chi connectivity index (χ0n) is 10.9. The van der Waals surface area contributed by atoms with Crippen molar-refractivity contribution in [3.05, 3.63) is 23.9 Å². The van der Waals surface area contributed by atoms with Gasteiger partial charge in [0.25, 0.3) is 0 Å². The van der Waals surface area contributed by atoms with Gasteiger partial charge in [-0.3, -0.25) is 0 Å². The largest absolute Gasteiger partial charge is 0.472 e. The van der Waals surface area contributed by atoms with Gasteiger partial charge in [-0.15, -0.1) is 0 Å². The first-order chi connectivity index (χ1) is 8.27. The Hall–Kier alpha value is -1.13. The molecule has 4 heteroatoms. The fourth-order valence-corrected chi connectivity index (χ4v) is 1.43. The third-order valence-corrected chi connectivity index (χ3v) is 2.28. The Kier molecular flexibility index (Phi) is 6.58. The molecule has 4 nitrogen and oxygen atoms in total. The first kappa shape index (κ1) is 13.9. The highest BCUT2D eigenvalue weighted by atomic mass is 16.5. The van der Waals surface area contributed by atoms with Crippen LogP contribution in [-0.4, -0.2) is 30.8 Å². The van der Waals surface area contributed by atoms with Crippen LogP contribution >= 0.6 is 0 Å². The van der Waals surface area contributed by atoms with Gasteiger partial charge in [0.2, 0.25) is 5.88 Å². The summed E-state index contributed by atoms with van der Waals surface area (Å²) >= 11 is 0. The van der Waals surface area contributed by atoms with Crippen molar-refractivity contribution < 1.29 is 9.47 Å². The average Bonchev–Trinajstić information content (AvgIpc) is 2.35. The van der Waals surface area contributed by atoms with Crippen LogP contribution in [0, 0.1) is 0 Å². The van der Waals surface area contributed by atoms with E-state index in [-0.39, 0.29) is 6.10 Å². The minimum atomic E-state index is 0.0187. The lowest BCUT2D eigenvalue weighted by atomic mass is 10.2. The standard InChI is InChI=1S/C13H22N2O2/c1-4-14-9-12-7-6-8-15-13(12)17-11(3)10-16-5-2/h6-8,11,14H,4-5,9-10H2,1-3H3. The van der Waals surface area contributed by atoms with Gasteiger partial charge < -0.3 is 14.8 Å². The van der Waals surface area contributed by atoms with Crippen LogP contribution in [0.5, 0.6) is 5.88 Å². The average molecular weight is 238 g/mol. The molecular formula is C13H22N2O2. The summed E-state index contributed by atoms with van der Waals surface area (Å²) in [7, 11) is 0. The molecule has 1 unspecified atom stereocenters. The molecule has 1 heterocycles. The fourth-order valence-electron chi connectivity index (χ4n) is 1.43. The summed E-state index contributed by atoms with van der Waals surface area (Å²) < 4.78 is 11.1. The number of aromatic nitrogens is 1. The molecule has 0 aromatic carbocycles. The van der Waals surface area contributed by atoms with Crippen molar-refractivity contribution in [2.75, 3.05) is 19.8 Å². The van der Waals surface area contributed by atoms with E-state index in [1.54, 1.807) is 6.20 Å². The van der Waals surface area contributed by atoms with Gasteiger partial charge >= 0.3 is 0 Å². The van der Waals surface area contributed by atoms with Gasteiger partial charge in [-0.2, -0.15) is 0 Å². The van der Waals surface area contributed by atoms with Gasteiger partial charge in [-0.1, -0.05) is 13.0 Å². The van der Waals surface area contributed by atoms with Crippen LogP contribution in [0.25, 0.3) is 0 Å². The lowest BCUT2D eigenvalue weighted by Crippen LogP contribution is -2.21. The summed E-state index contributed by atoms with van der Waals surface area (Å²) in [5.74, 6) is 0.695. The Morgan fingerprint density at radius 1 is 1.41 bits per heavy atom. The molecule has 0 radical (unpaired) electrons. The zero-order chi connectivity index (χ0) is 12.5. The first-order valence-electron chi connectivity index (χ1n) is 6.16. The second kappa shape index (κ2) is 8.03. The van der Waals surface area contributed by atoms with Crippen LogP contribution in [0.2, 0.25) is 0 Å². The first-order valence-corrected chi connectivity index (χ1v) is 6.16. The summed E-state index contributed by atoms with van der Waals surface area (Å²) in [4.78, 5) is 4.26. The zero-order valence-corrected chi connectivity index (χ0v) is 10.9. The van der Waals surface area contributed by atoms with E-state index >= 15 is 0 Å². The molecule has 96 valence electrons. The van der Waals surface area contributed by atoms with Crippen LogP contribution in [-0.2, 0) is 11.3 Å². The Balaban J connectivity index is 2.56. The maximum atomic E-state index is 5.77. The Morgan fingerprint density at radius 2 is 2.24 bits per heavy atom. The van der Waals surface area contributed by atoms with E-state index in [9.17, 15) is 0 Å². The van der Waals surface area contributed by atoms with Crippen LogP contribution < -0.4 is 10.1 Å². The highest BCUT2D eigenvalue weighted by molar-refractivity contribution is 5.25. The van der Waals surface area contributed by atoms with Crippen molar-refractivity contribution in [1.29, 1.82) is 0 Å². The van der Waals surface area contributed by atoms with Crippen LogP contribution in [0.15, 0.2) is 18.3 Å². The number of pyridine rings is 1. The van der Waals surface area contributed by atoms with Crippen molar-refractivity contribution in [3.63, 3.8) is 0 Å². The molecule has 0 fully saturated rings. The molecule has 1 aromatic rings. The predicted octanol–water partition coefficient (Wildman–Crippen LogP) is 1.99. The smallest absolute Gasteiger partial charge is 0.218 e. The summed E-state index contributed by atoms with van der Waals surface area (Å²) in [6.45, 7) is 9.05. The van der Waals surface area contributed by atoms with E-state index in [0.29, 0.717) is 19.1 Å². The summed E-state index contributed by atoms with van der Waals surface area (Å²) in [6, 6.07) is 3.95. The van der Waals surface area contributed by atoms with E-state index in [0.717, 1.165) is 18.7 Å². The Labute approximate surface area is 103 Å². The van der Waals surface area contributed by atoms with E-state index in [1.807, 2.05) is 26.0 Å². The van der Waals surface area contributed by atoms with Crippen LogP contribution in [0.1, 0.15) is 26.3 Å². The predicted molar refractivity (Wildman–Crippen MR) is 68.2 cm³/mol. The topological polar surface area (TPSA) is 43.4 Å². The quantitative estimate of drug-likeness (QED) is 0.752. The van der Waals surface area contributed by atoms with Crippen LogP contribution in [0.3, 0.4) is 0 Å². The third kappa shape index (κ3) is 5.15. The number of ether oxygens (including phenoxy) is 2. The molecule has 0 spiro atoms. The number of hydrogen-bond donors (Lipinski definition) is 1. The molecule has 0 saturated carbocycles. The molecule has 1 rings (SSSR count). The molecule has 17 heavy (non-hydrogen) atoms. The molecule has 1 aromatic heterocycles. The van der Waals surface area contributed by atoms with Gasteiger partial charge in [0, 0.05) is 24.9 Å². The van der Waals surface area contributed by atoms with Crippen LogP contribution in [0.4, 0.5) is 0 Å². The maximum absolute atomic E-state index is 5.77. The molecule has 1 N–H and O–H groups in total. The highest BCUT2D eigenvalue weighted by Crippen LogP contribution is 2.15. The van der Waals surface area contributed by atoms with Crippen molar-refractivity contribution in [2.24, 2.45) is 0 Å². The van der Waals surface area contributed by atoms with Crippen molar-refractivity contribution in [1.82, 2.24) is 10.3 Å². The lowest BCUT2D eigenvalue weighted by molar-refractivity contribution is 0.0627. The summed E-state index contributed by atoms with van der Waals surface area (Å²) in [5, 5.41) is 3.27. The van der Waals surface area contributed by atoms with Crippen molar-refractivity contribution >= 4 is 0 Å². The van der Waals surface area contributed by atoms with Gasteiger partial charge in [-0.25, -0.2) is 4.98 Å². The maximum Gasteiger partial charge on any atom is 0.218 e. The van der Waals surface area contributed by atoms with Gasteiger partial charge in [-0.05, 0) is 26.5 Å². The number of nitrogens with zero attached hydrogens (tertiary/aromatic N) is 1. The van der Waals surface area contributed by atoms with Crippen molar-refractivity contribution in [2.45, 2.75) is 33.4 Å². The number of nitrogens with one attached hydrogen (secondary N) is 1. The molecular weight excluding hydrogens is 216 g/mol. The Morgan fingerprint density at radius 3 is 2.94 bits per heavy atom. The summed E-state index contributed by atoms with van der Waals surface area (Å²) in [6.07, 6.45) is 1.77. The highest BCUT2D eigenvalue weighted by Gasteiger charge is 2.09. The molecule has 0 aliphatic carbocycles. The lowest BCUT2D eigenvalue weighted by Gasteiger charge is -2.16. The van der Waals surface area contributed by atoms with E-state index in [1.165, 1.54) is 0 Å². The number of rotatable bonds is 8. The van der Waals surface area contributed by atoms with Gasteiger partial charge in [0.15, 0.2) is 0 Å². The SMILES string of the molecule is CCNCc1cccnc1OC(C)COCC. The van der Waals surface area contributed by atoms with Gasteiger partial charge in [0.1, 0.15) is 6.10 Å². The molecule has 1 atom stereocenters. The fraction of sp³-hybridized carbons (Fsp3) is 0.615. The number of hydrogen-bond acceptors (Lipinski definition) is 4. The van der Waals surface area contributed by atoms with E-state index < -0.39 is 0 Å². The molecule has 0 aliphatic rings. The molecule has 0 amide bonds. The minimum absolute atomic E-state index is 0.0187. The van der Waals surface area contributed by atoms with E-state index in [4.69, 9.17) is 9.47 Å². The monoisotopic (exact) mass is 238 g/mol. The molecule has 0 bridgehead atoms. The molecule has 0 saturated heterocycles. The Bertz CT molecular complexity index is 318. The normalized spacial score (nSPS) is 12.4.